The first-order valence-corrected chi connectivity index (χ1v) is 6.64. The summed E-state index contributed by atoms with van der Waals surface area (Å²) in [7, 11) is 0. The molecule has 3 atom stereocenters. The summed E-state index contributed by atoms with van der Waals surface area (Å²) in [6.45, 7) is 3.71. The zero-order chi connectivity index (χ0) is 11.2. The second kappa shape index (κ2) is 3.69. The molecule has 0 bridgehead atoms. The van der Waals surface area contributed by atoms with Crippen LogP contribution in [0, 0.1) is 11.3 Å². The minimum absolute atomic E-state index is 0.0272. The maximum Gasteiger partial charge on any atom is 0.174 e. The lowest BCUT2D eigenvalue weighted by Crippen LogP contribution is -2.58. The molecule has 0 aromatic rings. The summed E-state index contributed by atoms with van der Waals surface area (Å²) >= 11 is 0. The molecule has 3 fully saturated rings. The molecule has 1 N–H and O–H groups in total. The van der Waals surface area contributed by atoms with Gasteiger partial charge in [0.2, 0.25) is 0 Å². The number of fused-ring (bicyclic) bond motifs is 2. The summed E-state index contributed by atoms with van der Waals surface area (Å²) in [5.74, 6) is -0.00905. The number of hydrogen-bond acceptors (Lipinski definition) is 3. The van der Waals surface area contributed by atoms with Gasteiger partial charge in [-0.1, -0.05) is 13.3 Å². The Kier molecular flexibility index (Phi) is 2.54. The third-order valence-corrected chi connectivity index (χ3v) is 5.12. The molecular weight excluding hydrogens is 204 g/mol. The highest BCUT2D eigenvalue weighted by molar-refractivity contribution is 5.04. The third-order valence-electron chi connectivity index (χ3n) is 5.12. The molecular formula is C13H22O3. The maximum absolute atomic E-state index is 10.2. The molecule has 16 heavy (non-hydrogen) atoms. The fraction of sp³-hybridized carbons (Fsp3) is 1.00. The summed E-state index contributed by atoms with van der Waals surface area (Å²) in [5, 5.41) is 10.2. The first kappa shape index (κ1) is 11.0. The fourth-order valence-corrected chi connectivity index (χ4v) is 4.24. The van der Waals surface area contributed by atoms with Crippen molar-refractivity contribution in [1.29, 1.82) is 0 Å². The van der Waals surface area contributed by atoms with Crippen LogP contribution in [0.2, 0.25) is 0 Å². The molecule has 0 amide bonds. The van der Waals surface area contributed by atoms with Gasteiger partial charge in [0.15, 0.2) is 5.79 Å². The molecule has 0 unspecified atom stereocenters. The van der Waals surface area contributed by atoms with Crippen molar-refractivity contribution < 1.29 is 14.6 Å². The van der Waals surface area contributed by atoms with E-state index < -0.39 is 0 Å². The molecule has 0 radical (unpaired) electrons. The van der Waals surface area contributed by atoms with E-state index in [2.05, 4.69) is 6.92 Å². The number of ether oxygens (including phenoxy) is 2. The first-order valence-electron chi connectivity index (χ1n) is 6.64. The summed E-state index contributed by atoms with van der Waals surface area (Å²) in [4.78, 5) is 0. The Morgan fingerprint density at radius 1 is 1.06 bits per heavy atom. The topological polar surface area (TPSA) is 38.7 Å². The van der Waals surface area contributed by atoms with Crippen LogP contribution in [0.5, 0.6) is 0 Å². The largest absolute Gasteiger partial charge is 0.393 e. The van der Waals surface area contributed by atoms with E-state index in [0.29, 0.717) is 5.92 Å². The fourth-order valence-electron chi connectivity index (χ4n) is 4.24. The van der Waals surface area contributed by atoms with Gasteiger partial charge in [-0.2, -0.15) is 0 Å². The molecule has 0 aromatic heterocycles. The molecule has 2 saturated carbocycles. The highest BCUT2D eigenvalue weighted by Gasteiger charge is 2.60. The van der Waals surface area contributed by atoms with Crippen LogP contribution >= 0.6 is 0 Å². The first-order chi connectivity index (χ1) is 7.68. The molecule has 1 saturated heterocycles. The van der Waals surface area contributed by atoms with Gasteiger partial charge >= 0.3 is 0 Å². The van der Waals surface area contributed by atoms with Gasteiger partial charge in [0.05, 0.1) is 19.3 Å². The van der Waals surface area contributed by atoms with Gasteiger partial charge in [-0.25, -0.2) is 0 Å². The van der Waals surface area contributed by atoms with Crippen LogP contribution < -0.4 is 0 Å². The van der Waals surface area contributed by atoms with Crippen LogP contribution in [-0.2, 0) is 9.47 Å². The van der Waals surface area contributed by atoms with Crippen molar-refractivity contribution in [2.75, 3.05) is 13.2 Å². The number of hydrogen-bond donors (Lipinski definition) is 1. The van der Waals surface area contributed by atoms with Crippen molar-refractivity contribution in [3.8, 4) is 0 Å². The lowest BCUT2D eigenvalue weighted by molar-refractivity contribution is -0.287. The molecule has 1 aliphatic heterocycles. The average Bonchev–Trinajstić information content (AvgIpc) is 2.72. The second-order valence-electron chi connectivity index (χ2n) is 5.83. The normalized spacial score (nSPS) is 46.9. The van der Waals surface area contributed by atoms with Crippen LogP contribution in [0.4, 0.5) is 0 Å². The van der Waals surface area contributed by atoms with Crippen molar-refractivity contribution in [2.45, 2.75) is 57.3 Å². The van der Waals surface area contributed by atoms with Crippen molar-refractivity contribution in [1.82, 2.24) is 0 Å². The molecule has 3 rings (SSSR count). The number of aliphatic hydroxyl groups is 1. The molecule has 1 spiro atoms. The van der Waals surface area contributed by atoms with Gasteiger partial charge in [0.25, 0.3) is 0 Å². The van der Waals surface area contributed by atoms with Gasteiger partial charge in [-0.15, -0.1) is 0 Å². The average molecular weight is 226 g/mol. The van der Waals surface area contributed by atoms with Crippen LogP contribution in [-0.4, -0.2) is 30.2 Å². The van der Waals surface area contributed by atoms with E-state index in [1.807, 2.05) is 0 Å². The summed E-state index contributed by atoms with van der Waals surface area (Å²) < 4.78 is 11.9. The van der Waals surface area contributed by atoms with Crippen molar-refractivity contribution in [3.05, 3.63) is 0 Å². The summed E-state index contributed by atoms with van der Waals surface area (Å²) in [5.41, 5.74) is 0.0272. The van der Waals surface area contributed by atoms with Gasteiger partial charge in [0.1, 0.15) is 0 Å². The molecule has 3 heteroatoms. The van der Waals surface area contributed by atoms with E-state index >= 15 is 0 Å². The van der Waals surface area contributed by atoms with E-state index in [1.54, 1.807) is 0 Å². The van der Waals surface area contributed by atoms with Gasteiger partial charge < -0.3 is 14.6 Å². The molecule has 1 heterocycles. The number of aliphatic hydroxyl groups excluding tert-OH is 1. The van der Waals surface area contributed by atoms with Gasteiger partial charge in [-0.3, -0.25) is 0 Å². The predicted molar refractivity (Wildman–Crippen MR) is 59.9 cm³/mol. The Hall–Kier alpha value is -0.120. The SMILES string of the molecule is C[C@]12CCC[C@@H](O)[C@@H]1CCCC21OCCO1. The monoisotopic (exact) mass is 226 g/mol. The minimum atomic E-state index is -0.378. The highest BCUT2D eigenvalue weighted by atomic mass is 16.7. The molecule has 0 aromatic carbocycles. The van der Waals surface area contributed by atoms with Crippen LogP contribution in [0.3, 0.4) is 0 Å². The standard InChI is InChI=1S/C13H22O3/c1-12-6-3-5-11(14)10(12)4-2-7-13(12)15-8-9-16-13/h10-11,14H,2-9H2,1H3/t10-,11+,12-/m0/s1. The lowest BCUT2D eigenvalue weighted by Gasteiger charge is -2.56. The summed E-state index contributed by atoms with van der Waals surface area (Å²) in [6, 6.07) is 0. The van der Waals surface area contributed by atoms with Gasteiger partial charge in [0, 0.05) is 11.8 Å². The predicted octanol–water partition coefficient (Wildman–Crippen LogP) is 2.08. The quantitative estimate of drug-likeness (QED) is 0.687. The van der Waals surface area contributed by atoms with E-state index in [-0.39, 0.29) is 17.3 Å². The van der Waals surface area contributed by atoms with Crippen molar-refractivity contribution in [3.63, 3.8) is 0 Å². The van der Waals surface area contributed by atoms with Crippen LogP contribution in [0.25, 0.3) is 0 Å². The second-order valence-corrected chi connectivity index (χ2v) is 5.83. The zero-order valence-corrected chi connectivity index (χ0v) is 10.1. The minimum Gasteiger partial charge on any atom is -0.393 e. The maximum atomic E-state index is 10.2. The van der Waals surface area contributed by atoms with Crippen molar-refractivity contribution in [2.24, 2.45) is 11.3 Å². The van der Waals surface area contributed by atoms with Gasteiger partial charge in [-0.05, 0) is 31.6 Å². The Morgan fingerprint density at radius 2 is 1.75 bits per heavy atom. The third kappa shape index (κ3) is 1.31. The Morgan fingerprint density at radius 3 is 2.50 bits per heavy atom. The van der Waals surface area contributed by atoms with Crippen LogP contribution in [0.15, 0.2) is 0 Å². The molecule has 92 valence electrons. The Bertz CT molecular complexity index is 272. The zero-order valence-electron chi connectivity index (χ0n) is 10.1. The molecule has 2 aliphatic carbocycles. The Balaban J connectivity index is 1.95. The summed E-state index contributed by atoms with van der Waals surface area (Å²) in [6.07, 6.45) is 6.30. The van der Waals surface area contributed by atoms with E-state index in [1.165, 1.54) is 0 Å². The highest BCUT2D eigenvalue weighted by Crippen LogP contribution is 2.58. The lowest BCUT2D eigenvalue weighted by atomic mass is 9.56. The van der Waals surface area contributed by atoms with E-state index in [4.69, 9.17) is 9.47 Å². The van der Waals surface area contributed by atoms with E-state index in [9.17, 15) is 5.11 Å². The molecule has 3 aliphatic rings. The molecule has 3 nitrogen and oxygen atoms in total. The van der Waals surface area contributed by atoms with Crippen molar-refractivity contribution >= 4 is 0 Å². The Labute approximate surface area is 97.1 Å². The number of rotatable bonds is 0. The smallest absolute Gasteiger partial charge is 0.174 e. The van der Waals surface area contributed by atoms with E-state index in [0.717, 1.165) is 51.7 Å². The van der Waals surface area contributed by atoms with Crippen LogP contribution in [0.1, 0.15) is 45.4 Å².